The van der Waals surface area contributed by atoms with Crippen LogP contribution in [0.25, 0.3) is 11.1 Å². The lowest BCUT2D eigenvalue weighted by molar-refractivity contribution is 0.561. The summed E-state index contributed by atoms with van der Waals surface area (Å²) in [5, 5.41) is 0. The van der Waals surface area contributed by atoms with E-state index in [4.69, 9.17) is 4.42 Å². The topological polar surface area (TPSA) is 26.0 Å². The molecule has 3 rings (SSSR count). The molecular weight excluding hydrogens is 294 g/mol. The van der Waals surface area contributed by atoms with Gasteiger partial charge in [0.15, 0.2) is 11.5 Å². The fourth-order valence-electron chi connectivity index (χ4n) is 2.29. The highest BCUT2D eigenvalue weighted by Gasteiger charge is 1.99. The van der Waals surface area contributed by atoms with Crippen LogP contribution >= 0.6 is 0 Å². The van der Waals surface area contributed by atoms with E-state index in [0.717, 1.165) is 23.4 Å². The zero-order valence-corrected chi connectivity index (χ0v) is 16.2. The molecule has 0 bridgehead atoms. The first-order chi connectivity index (χ1) is 11.5. The van der Waals surface area contributed by atoms with Crippen molar-refractivity contribution in [3.63, 3.8) is 0 Å². The Bertz CT molecular complexity index is 723. The van der Waals surface area contributed by atoms with Crippen molar-refractivity contribution < 1.29 is 4.42 Å². The van der Waals surface area contributed by atoms with E-state index < -0.39 is 0 Å². The molecule has 0 aliphatic rings. The smallest absolute Gasteiger partial charge is 0.192 e. The minimum Gasteiger partial charge on any atom is -0.441 e. The maximum atomic E-state index is 5.31. The van der Waals surface area contributed by atoms with E-state index in [1.807, 2.05) is 45.9 Å². The first-order valence-corrected chi connectivity index (χ1v) is 8.92. The van der Waals surface area contributed by atoms with Crippen molar-refractivity contribution in [2.24, 2.45) is 0 Å². The Kier molecular flexibility index (Phi) is 8.25. The number of oxazole rings is 1. The summed E-state index contributed by atoms with van der Waals surface area (Å²) in [5.74, 6) is 1.38. The quantitative estimate of drug-likeness (QED) is 0.515. The minimum absolute atomic E-state index is 0.654. The number of rotatable bonds is 2. The molecular formula is C22H31NO. The van der Waals surface area contributed by atoms with Crippen LogP contribution in [-0.2, 0) is 6.42 Å². The highest BCUT2D eigenvalue weighted by atomic mass is 16.3. The Morgan fingerprint density at radius 3 is 2.12 bits per heavy atom. The van der Waals surface area contributed by atoms with Gasteiger partial charge < -0.3 is 4.42 Å². The average Bonchev–Trinajstić information content (AvgIpc) is 2.96. The van der Waals surface area contributed by atoms with Crippen LogP contribution in [0.3, 0.4) is 0 Å². The number of aryl methyl sites for hydroxylation is 3. The molecule has 0 N–H and O–H groups in total. The molecule has 0 radical (unpaired) electrons. The van der Waals surface area contributed by atoms with Crippen molar-refractivity contribution in [1.29, 1.82) is 0 Å². The second kappa shape index (κ2) is 9.92. The molecule has 130 valence electrons. The number of fused-ring (bicyclic) bond motifs is 1. The van der Waals surface area contributed by atoms with Gasteiger partial charge >= 0.3 is 0 Å². The van der Waals surface area contributed by atoms with Gasteiger partial charge in [-0.3, -0.25) is 0 Å². The Hall–Kier alpha value is -2.09. The van der Waals surface area contributed by atoms with Crippen molar-refractivity contribution >= 4 is 11.1 Å². The third-order valence-electron chi connectivity index (χ3n) is 3.70. The maximum Gasteiger partial charge on any atom is 0.192 e. The fraction of sp³-hybridized carbons (Fsp3) is 0.409. The van der Waals surface area contributed by atoms with Gasteiger partial charge in [-0.15, -0.1) is 0 Å². The van der Waals surface area contributed by atoms with Gasteiger partial charge in [0, 0.05) is 6.92 Å². The first-order valence-electron chi connectivity index (χ1n) is 8.92. The van der Waals surface area contributed by atoms with Crippen LogP contribution in [-0.4, -0.2) is 4.98 Å². The van der Waals surface area contributed by atoms with Crippen LogP contribution in [0, 0.1) is 13.8 Å². The monoisotopic (exact) mass is 325 g/mol. The molecule has 0 saturated carbocycles. The highest BCUT2D eigenvalue weighted by Crippen LogP contribution is 2.16. The van der Waals surface area contributed by atoms with Crippen molar-refractivity contribution in [2.45, 2.75) is 60.8 Å². The zero-order chi connectivity index (χ0) is 18.1. The van der Waals surface area contributed by atoms with Gasteiger partial charge in [-0.1, -0.05) is 65.0 Å². The second-order valence-electron chi connectivity index (χ2n) is 5.95. The summed E-state index contributed by atoms with van der Waals surface area (Å²) < 4.78 is 5.31. The van der Waals surface area contributed by atoms with Gasteiger partial charge in [0.25, 0.3) is 0 Å². The molecule has 0 spiro atoms. The molecule has 3 aromatic rings. The molecule has 2 nitrogen and oxygen atoms in total. The van der Waals surface area contributed by atoms with Crippen LogP contribution in [0.5, 0.6) is 0 Å². The molecule has 0 atom stereocenters. The van der Waals surface area contributed by atoms with Crippen molar-refractivity contribution in [1.82, 2.24) is 4.98 Å². The SMILES string of the molecule is CC.CCc1ccc(C(C)C)cc1.Cc1ccc2oc(C)nc2c1. The van der Waals surface area contributed by atoms with E-state index in [2.05, 4.69) is 50.0 Å². The molecule has 2 heteroatoms. The van der Waals surface area contributed by atoms with Crippen LogP contribution in [0.1, 0.15) is 63.1 Å². The second-order valence-corrected chi connectivity index (χ2v) is 5.95. The Labute approximate surface area is 146 Å². The van der Waals surface area contributed by atoms with E-state index in [1.165, 1.54) is 16.7 Å². The average molecular weight is 325 g/mol. The molecule has 1 aromatic heterocycles. The summed E-state index contributed by atoms with van der Waals surface area (Å²) in [5.41, 5.74) is 5.89. The molecule has 1 heterocycles. The number of hydrogen-bond donors (Lipinski definition) is 0. The summed E-state index contributed by atoms with van der Waals surface area (Å²) in [7, 11) is 0. The standard InChI is InChI=1S/C11H16.C9H9NO.C2H6/c1-4-10-5-7-11(8-6-10)9(2)3;1-6-3-4-9-8(5-6)10-7(2)11-9;1-2/h5-9H,4H2,1-3H3;3-5H,1-2H3;1-2H3. The Morgan fingerprint density at radius 2 is 1.58 bits per heavy atom. The number of aromatic nitrogens is 1. The lowest BCUT2D eigenvalue weighted by atomic mass is 10.0. The summed E-state index contributed by atoms with van der Waals surface area (Å²) >= 11 is 0. The van der Waals surface area contributed by atoms with Crippen LogP contribution in [0.15, 0.2) is 46.9 Å². The van der Waals surface area contributed by atoms with Gasteiger partial charge in [0.1, 0.15) is 5.52 Å². The number of benzene rings is 2. The third-order valence-corrected chi connectivity index (χ3v) is 3.70. The van der Waals surface area contributed by atoms with Crippen molar-refractivity contribution in [3.8, 4) is 0 Å². The van der Waals surface area contributed by atoms with Gasteiger partial charge in [0.2, 0.25) is 0 Å². The lowest BCUT2D eigenvalue weighted by Gasteiger charge is -2.04. The molecule has 24 heavy (non-hydrogen) atoms. The summed E-state index contributed by atoms with van der Waals surface area (Å²) in [6.45, 7) is 14.5. The van der Waals surface area contributed by atoms with Crippen molar-refractivity contribution in [2.75, 3.05) is 0 Å². The minimum atomic E-state index is 0.654. The number of hydrogen-bond acceptors (Lipinski definition) is 2. The van der Waals surface area contributed by atoms with Crippen LogP contribution in [0.4, 0.5) is 0 Å². The van der Waals surface area contributed by atoms with Crippen molar-refractivity contribution in [3.05, 3.63) is 65.0 Å². The predicted molar refractivity (Wildman–Crippen MR) is 105 cm³/mol. The fourth-order valence-corrected chi connectivity index (χ4v) is 2.29. The predicted octanol–water partition coefficient (Wildman–Crippen LogP) is 6.84. The first kappa shape index (κ1) is 20.0. The van der Waals surface area contributed by atoms with Crippen LogP contribution < -0.4 is 0 Å². The summed E-state index contributed by atoms with van der Waals surface area (Å²) in [6.07, 6.45) is 1.14. The van der Waals surface area contributed by atoms with E-state index in [1.54, 1.807) is 0 Å². The largest absolute Gasteiger partial charge is 0.441 e. The Balaban J connectivity index is 0.000000218. The van der Waals surface area contributed by atoms with E-state index >= 15 is 0 Å². The molecule has 0 saturated heterocycles. The number of nitrogens with zero attached hydrogens (tertiary/aromatic N) is 1. The van der Waals surface area contributed by atoms with Gasteiger partial charge in [-0.25, -0.2) is 4.98 Å². The van der Waals surface area contributed by atoms with Gasteiger partial charge in [0.05, 0.1) is 0 Å². The molecule has 0 aliphatic heterocycles. The van der Waals surface area contributed by atoms with E-state index in [-0.39, 0.29) is 0 Å². The maximum absolute atomic E-state index is 5.31. The molecule has 0 fully saturated rings. The highest BCUT2D eigenvalue weighted by molar-refractivity contribution is 5.73. The molecule has 0 aliphatic carbocycles. The lowest BCUT2D eigenvalue weighted by Crippen LogP contribution is -1.87. The summed E-state index contributed by atoms with van der Waals surface area (Å²) in [6, 6.07) is 14.9. The molecule has 0 unspecified atom stereocenters. The third kappa shape index (κ3) is 5.84. The van der Waals surface area contributed by atoms with E-state index in [9.17, 15) is 0 Å². The summed E-state index contributed by atoms with van der Waals surface area (Å²) in [4.78, 5) is 4.21. The molecule has 0 amide bonds. The Morgan fingerprint density at radius 1 is 0.958 bits per heavy atom. The van der Waals surface area contributed by atoms with Gasteiger partial charge in [-0.05, 0) is 48.1 Å². The van der Waals surface area contributed by atoms with Crippen LogP contribution in [0.2, 0.25) is 0 Å². The van der Waals surface area contributed by atoms with Gasteiger partial charge in [-0.2, -0.15) is 0 Å². The molecule has 2 aromatic carbocycles. The van der Waals surface area contributed by atoms with E-state index in [0.29, 0.717) is 5.92 Å². The normalized spacial score (nSPS) is 10.0. The zero-order valence-electron chi connectivity index (χ0n) is 16.2.